The fourth-order valence-corrected chi connectivity index (χ4v) is 1.77. The normalized spacial score (nSPS) is 15.9. The first-order valence-electron chi connectivity index (χ1n) is 6.40. The third kappa shape index (κ3) is 6.43. The number of nitrogens with zero attached hydrogens (tertiary/aromatic N) is 1. The highest BCUT2D eigenvalue weighted by molar-refractivity contribution is 4.83. The van der Waals surface area contributed by atoms with Crippen molar-refractivity contribution in [1.82, 2.24) is 10.2 Å². The number of hydrogen-bond donors (Lipinski definition) is 1. The first kappa shape index (κ1) is 13.9. The van der Waals surface area contributed by atoms with Crippen molar-refractivity contribution in [2.45, 2.75) is 25.8 Å². The van der Waals surface area contributed by atoms with Crippen molar-refractivity contribution in [1.29, 1.82) is 0 Å². The van der Waals surface area contributed by atoms with Gasteiger partial charge in [-0.05, 0) is 19.4 Å². The number of likely N-dealkylation sites (N-methyl/N-ethyl adjacent to an activating group) is 1. The molecule has 0 unspecified atom stereocenters. The molecule has 0 aromatic carbocycles. The Hall–Kier alpha value is -0.160. The standard InChI is InChI=1S/C12H26N2O2/c1-3-14(12-4-5-12)8-6-13-7-9-16-11-10-15-2/h12-13H,3-11H2,1-2H3. The summed E-state index contributed by atoms with van der Waals surface area (Å²) < 4.78 is 10.3. The van der Waals surface area contributed by atoms with Crippen LogP contribution >= 0.6 is 0 Å². The van der Waals surface area contributed by atoms with E-state index in [1.165, 1.54) is 25.9 Å². The highest BCUT2D eigenvalue weighted by atomic mass is 16.5. The Morgan fingerprint density at radius 1 is 1.19 bits per heavy atom. The summed E-state index contributed by atoms with van der Waals surface area (Å²) in [5.74, 6) is 0. The van der Waals surface area contributed by atoms with E-state index in [9.17, 15) is 0 Å². The molecule has 0 saturated heterocycles. The predicted molar refractivity (Wildman–Crippen MR) is 65.8 cm³/mol. The van der Waals surface area contributed by atoms with Gasteiger partial charge in [0, 0.05) is 32.8 Å². The lowest BCUT2D eigenvalue weighted by atomic mass is 10.4. The van der Waals surface area contributed by atoms with E-state index in [4.69, 9.17) is 9.47 Å². The maximum Gasteiger partial charge on any atom is 0.0700 e. The molecule has 0 aliphatic heterocycles. The van der Waals surface area contributed by atoms with E-state index in [-0.39, 0.29) is 0 Å². The molecule has 4 nitrogen and oxygen atoms in total. The van der Waals surface area contributed by atoms with Crippen LogP contribution in [0.25, 0.3) is 0 Å². The molecular weight excluding hydrogens is 204 g/mol. The third-order valence-electron chi connectivity index (χ3n) is 2.90. The van der Waals surface area contributed by atoms with Crippen molar-refractivity contribution in [2.75, 3.05) is 53.1 Å². The van der Waals surface area contributed by atoms with E-state index in [0.717, 1.165) is 25.7 Å². The summed E-state index contributed by atoms with van der Waals surface area (Å²) in [6.07, 6.45) is 2.79. The van der Waals surface area contributed by atoms with Crippen LogP contribution in [0.15, 0.2) is 0 Å². The Morgan fingerprint density at radius 2 is 2.00 bits per heavy atom. The quantitative estimate of drug-likeness (QED) is 0.530. The number of methoxy groups -OCH3 is 1. The van der Waals surface area contributed by atoms with Gasteiger partial charge in [-0.15, -0.1) is 0 Å². The molecule has 16 heavy (non-hydrogen) atoms. The van der Waals surface area contributed by atoms with Crippen LogP contribution in [0.5, 0.6) is 0 Å². The molecular formula is C12H26N2O2. The molecule has 96 valence electrons. The Morgan fingerprint density at radius 3 is 2.62 bits per heavy atom. The Labute approximate surface area is 99.3 Å². The lowest BCUT2D eigenvalue weighted by molar-refractivity contribution is 0.0718. The van der Waals surface area contributed by atoms with Gasteiger partial charge in [-0.1, -0.05) is 6.92 Å². The summed E-state index contributed by atoms with van der Waals surface area (Å²) in [4.78, 5) is 2.55. The van der Waals surface area contributed by atoms with Gasteiger partial charge in [-0.2, -0.15) is 0 Å². The molecule has 0 aromatic rings. The third-order valence-corrected chi connectivity index (χ3v) is 2.90. The number of ether oxygens (including phenoxy) is 2. The van der Waals surface area contributed by atoms with Gasteiger partial charge in [0.1, 0.15) is 0 Å². The lowest BCUT2D eigenvalue weighted by Gasteiger charge is -2.19. The molecule has 0 radical (unpaired) electrons. The van der Waals surface area contributed by atoms with E-state index in [0.29, 0.717) is 13.2 Å². The summed E-state index contributed by atoms with van der Waals surface area (Å²) in [6.45, 7) is 8.75. The van der Waals surface area contributed by atoms with Crippen LogP contribution < -0.4 is 5.32 Å². The fraction of sp³-hybridized carbons (Fsp3) is 1.00. The minimum atomic E-state index is 0.686. The van der Waals surface area contributed by atoms with Gasteiger partial charge < -0.3 is 14.8 Å². The van der Waals surface area contributed by atoms with Crippen LogP contribution in [0.1, 0.15) is 19.8 Å². The molecule has 0 bridgehead atoms. The SMILES string of the molecule is CCN(CCNCCOCCOC)C1CC1. The Bertz CT molecular complexity index is 163. The molecule has 4 heteroatoms. The average Bonchev–Trinajstić information content (AvgIpc) is 3.11. The van der Waals surface area contributed by atoms with E-state index in [2.05, 4.69) is 17.1 Å². The molecule has 1 aliphatic carbocycles. The Balaban J connectivity index is 1.80. The van der Waals surface area contributed by atoms with Crippen LogP contribution in [-0.4, -0.2) is 64.1 Å². The highest BCUT2D eigenvalue weighted by Gasteiger charge is 2.26. The van der Waals surface area contributed by atoms with Crippen LogP contribution in [-0.2, 0) is 9.47 Å². The second-order valence-electron chi connectivity index (χ2n) is 4.21. The van der Waals surface area contributed by atoms with Crippen molar-refractivity contribution in [3.63, 3.8) is 0 Å². The van der Waals surface area contributed by atoms with Crippen molar-refractivity contribution in [3.8, 4) is 0 Å². The van der Waals surface area contributed by atoms with Crippen LogP contribution in [0.3, 0.4) is 0 Å². The summed E-state index contributed by atoms with van der Waals surface area (Å²) in [5.41, 5.74) is 0. The van der Waals surface area contributed by atoms with Gasteiger partial charge >= 0.3 is 0 Å². The average molecular weight is 230 g/mol. The topological polar surface area (TPSA) is 33.7 Å². The fourth-order valence-electron chi connectivity index (χ4n) is 1.77. The van der Waals surface area contributed by atoms with E-state index in [1.807, 2.05) is 0 Å². The molecule has 1 aliphatic rings. The molecule has 1 N–H and O–H groups in total. The maximum atomic E-state index is 5.37. The van der Waals surface area contributed by atoms with Gasteiger partial charge in [0.15, 0.2) is 0 Å². The number of rotatable bonds is 11. The van der Waals surface area contributed by atoms with Crippen LogP contribution in [0, 0.1) is 0 Å². The van der Waals surface area contributed by atoms with E-state index < -0.39 is 0 Å². The number of hydrogen-bond acceptors (Lipinski definition) is 4. The van der Waals surface area contributed by atoms with Gasteiger partial charge in [0.2, 0.25) is 0 Å². The molecule has 0 amide bonds. The minimum Gasteiger partial charge on any atom is -0.382 e. The maximum absolute atomic E-state index is 5.37. The molecule has 0 aromatic heterocycles. The zero-order chi connectivity index (χ0) is 11.6. The zero-order valence-electron chi connectivity index (χ0n) is 10.7. The first-order chi connectivity index (χ1) is 7.88. The summed E-state index contributed by atoms with van der Waals surface area (Å²) in [7, 11) is 1.69. The second kappa shape index (κ2) is 8.93. The van der Waals surface area contributed by atoms with Crippen molar-refractivity contribution in [3.05, 3.63) is 0 Å². The summed E-state index contributed by atoms with van der Waals surface area (Å²) in [6, 6.07) is 0.879. The lowest BCUT2D eigenvalue weighted by Crippen LogP contribution is -2.34. The first-order valence-corrected chi connectivity index (χ1v) is 6.40. The molecule has 0 spiro atoms. The second-order valence-corrected chi connectivity index (χ2v) is 4.21. The van der Waals surface area contributed by atoms with Gasteiger partial charge in [0.25, 0.3) is 0 Å². The van der Waals surface area contributed by atoms with E-state index >= 15 is 0 Å². The predicted octanol–water partition coefficient (Wildman–Crippen LogP) is 0.723. The molecule has 0 heterocycles. The monoisotopic (exact) mass is 230 g/mol. The Kier molecular flexibility index (Phi) is 7.76. The summed E-state index contributed by atoms with van der Waals surface area (Å²) >= 11 is 0. The van der Waals surface area contributed by atoms with Crippen molar-refractivity contribution in [2.24, 2.45) is 0 Å². The molecule has 1 rings (SSSR count). The van der Waals surface area contributed by atoms with Gasteiger partial charge in [-0.3, -0.25) is 4.90 Å². The zero-order valence-corrected chi connectivity index (χ0v) is 10.7. The van der Waals surface area contributed by atoms with Crippen molar-refractivity contribution >= 4 is 0 Å². The number of nitrogens with one attached hydrogen (secondary N) is 1. The molecule has 1 fully saturated rings. The van der Waals surface area contributed by atoms with E-state index in [1.54, 1.807) is 7.11 Å². The van der Waals surface area contributed by atoms with Crippen LogP contribution in [0.4, 0.5) is 0 Å². The van der Waals surface area contributed by atoms with Crippen molar-refractivity contribution < 1.29 is 9.47 Å². The molecule has 0 atom stereocenters. The largest absolute Gasteiger partial charge is 0.382 e. The molecule has 1 saturated carbocycles. The highest BCUT2D eigenvalue weighted by Crippen LogP contribution is 2.25. The van der Waals surface area contributed by atoms with Gasteiger partial charge in [-0.25, -0.2) is 0 Å². The minimum absolute atomic E-state index is 0.686. The summed E-state index contributed by atoms with van der Waals surface area (Å²) in [5, 5.41) is 3.40. The smallest absolute Gasteiger partial charge is 0.0700 e. The van der Waals surface area contributed by atoms with Gasteiger partial charge in [0.05, 0.1) is 19.8 Å². The van der Waals surface area contributed by atoms with Crippen LogP contribution in [0.2, 0.25) is 0 Å².